The summed E-state index contributed by atoms with van der Waals surface area (Å²) in [7, 11) is 0. The van der Waals surface area contributed by atoms with Gasteiger partial charge in [0, 0.05) is 5.69 Å². The molecule has 0 amide bonds. The Hall–Kier alpha value is -3.72. The first-order valence-corrected chi connectivity index (χ1v) is 9.08. The minimum absolute atomic E-state index is 0.183. The second-order valence-electron chi connectivity index (χ2n) is 6.29. The van der Waals surface area contributed by atoms with Gasteiger partial charge in [-0.15, -0.1) is 0 Å². The third-order valence-corrected chi connectivity index (χ3v) is 4.45. The number of nitrogens with one attached hydrogen (secondary N) is 3. The number of para-hydroxylation sites is 1. The maximum atomic E-state index is 12.3. The highest BCUT2D eigenvalue weighted by Gasteiger charge is 2.14. The molecule has 0 spiro atoms. The van der Waals surface area contributed by atoms with Crippen LogP contribution in [0.25, 0.3) is 5.69 Å². The number of H-pyrrole nitrogens is 1. The number of hydrogen-bond acceptors (Lipinski definition) is 5. The fraction of sp³-hybridized carbons (Fsp3) is 0.100. The molecule has 0 unspecified atom stereocenters. The highest BCUT2D eigenvalue weighted by atomic mass is 32.1. The summed E-state index contributed by atoms with van der Waals surface area (Å²) in [6, 6.07) is 14.5. The predicted octanol–water partition coefficient (Wildman–Crippen LogP) is 2.17. The van der Waals surface area contributed by atoms with Crippen molar-refractivity contribution >= 4 is 29.2 Å². The average Bonchev–Trinajstić information content (AvgIpc) is 2.68. The molecule has 0 saturated carbocycles. The van der Waals surface area contributed by atoms with Gasteiger partial charge in [-0.1, -0.05) is 24.3 Å². The Morgan fingerprint density at radius 1 is 1.14 bits per heavy atom. The van der Waals surface area contributed by atoms with Crippen molar-refractivity contribution in [3.05, 3.63) is 86.1 Å². The molecular formula is C20H19N5O3S. The lowest BCUT2D eigenvalue weighted by Gasteiger charge is -2.11. The number of aromatic amines is 1. The van der Waals surface area contributed by atoms with E-state index in [-0.39, 0.29) is 10.7 Å². The van der Waals surface area contributed by atoms with Gasteiger partial charge in [0.2, 0.25) is 5.88 Å². The molecule has 29 heavy (non-hydrogen) atoms. The standard InChI is InChI=1S/C20H19N5O3S/c1-12-8-9-15(10-13(12)2)25-18(27)16(17(26)23-20(25)28)11-21-24-19(29)22-14-6-4-3-5-7-14/h3-11,27H,1-2H3,(H2,22,24,29)(H,23,26,28)/b21-11+. The second-order valence-corrected chi connectivity index (χ2v) is 6.70. The molecule has 2 aromatic carbocycles. The summed E-state index contributed by atoms with van der Waals surface area (Å²) in [6.07, 6.45) is 1.10. The van der Waals surface area contributed by atoms with Gasteiger partial charge in [-0.3, -0.25) is 15.2 Å². The van der Waals surface area contributed by atoms with Crippen molar-refractivity contribution in [2.75, 3.05) is 5.32 Å². The van der Waals surface area contributed by atoms with E-state index in [0.29, 0.717) is 5.69 Å². The lowest BCUT2D eigenvalue weighted by Crippen LogP contribution is -2.32. The first-order valence-electron chi connectivity index (χ1n) is 8.68. The van der Waals surface area contributed by atoms with Crippen molar-refractivity contribution in [3.8, 4) is 11.6 Å². The third-order valence-electron chi connectivity index (χ3n) is 4.26. The largest absolute Gasteiger partial charge is 0.493 e. The smallest absolute Gasteiger partial charge is 0.335 e. The number of nitrogens with zero attached hydrogens (tertiary/aromatic N) is 2. The summed E-state index contributed by atoms with van der Waals surface area (Å²) in [6.45, 7) is 3.82. The van der Waals surface area contributed by atoms with Crippen LogP contribution in [0, 0.1) is 13.8 Å². The quantitative estimate of drug-likeness (QED) is 0.299. The van der Waals surface area contributed by atoms with Crippen molar-refractivity contribution in [3.63, 3.8) is 0 Å². The van der Waals surface area contributed by atoms with Crippen LogP contribution in [-0.2, 0) is 0 Å². The predicted molar refractivity (Wildman–Crippen MR) is 117 cm³/mol. The van der Waals surface area contributed by atoms with Gasteiger partial charge < -0.3 is 10.4 Å². The maximum absolute atomic E-state index is 12.3. The summed E-state index contributed by atoms with van der Waals surface area (Å²) in [4.78, 5) is 26.6. The Bertz CT molecular complexity index is 1200. The number of aromatic nitrogens is 2. The lowest BCUT2D eigenvalue weighted by atomic mass is 10.1. The van der Waals surface area contributed by atoms with Crippen molar-refractivity contribution in [1.29, 1.82) is 0 Å². The number of rotatable bonds is 4. The molecule has 0 aliphatic heterocycles. The van der Waals surface area contributed by atoms with Crippen molar-refractivity contribution in [2.24, 2.45) is 5.10 Å². The molecule has 0 saturated heterocycles. The van der Waals surface area contributed by atoms with Gasteiger partial charge in [-0.05, 0) is 61.5 Å². The zero-order valence-corrected chi connectivity index (χ0v) is 16.6. The molecule has 0 aliphatic rings. The molecule has 9 heteroatoms. The molecule has 3 rings (SSSR count). The molecule has 0 fully saturated rings. The van der Waals surface area contributed by atoms with Crippen LogP contribution >= 0.6 is 12.2 Å². The zero-order valence-electron chi connectivity index (χ0n) is 15.8. The van der Waals surface area contributed by atoms with Gasteiger partial charge in [-0.25, -0.2) is 9.36 Å². The van der Waals surface area contributed by atoms with Gasteiger partial charge in [0.05, 0.1) is 11.9 Å². The first kappa shape index (κ1) is 20.0. The van der Waals surface area contributed by atoms with E-state index in [1.165, 1.54) is 0 Å². The van der Waals surface area contributed by atoms with Gasteiger partial charge in [0.1, 0.15) is 5.56 Å². The van der Waals surface area contributed by atoms with Crippen molar-refractivity contribution < 1.29 is 5.11 Å². The van der Waals surface area contributed by atoms with E-state index in [1.54, 1.807) is 12.1 Å². The van der Waals surface area contributed by atoms with Crippen LogP contribution in [0.1, 0.15) is 16.7 Å². The van der Waals surface area contributed by atoms with Crippen LogP contribution in [0.3, 0.4) is 0 Å². The summed E-state index contributed by atoms with van der Waals surface area (Å²) < 4.78 is 1.01. The Labute approximate surface area is 171 Å². The number of hydrazone groups is 1. The van der Waals surface area contributed by atoms with Gasteiger partial charge in [0.15, 0.2) is 5.11 Å². The number of anilines is 1. The Kier molecular flexibility index (Phi) is 5.89. The van der Waals surface area contributed by atoms with E-state index in [0.717, 1.165) is 27.6 Å². The van der Waals surface area contributed by atoms with Crippen LogP contribution in [0.4, 0.5) is 5.69 Å². The highest BCUT2D eigenvalue weighted by molar-refractivity contribution is 7.80. The topological polar surface area (TPSA) is 112 Å². The second kappa shape index (κ2) is 8.53. The monoisotopic (exact) mass is 409 g/mol. The van der Waals surface area contributed by atoms with Crippen molar-refractivity contribution in [1.82, 2.24) is 15.0 Å². The molecule has 1 heterocycles. The SMILES string of the molecule is Cc1ccc(-n2c(O)c(/C=N/NC(=S)Nc3ccccc3)c(=O)[nH]c2=O)cc1C. The molecular weight excluding hydrogens is 390 g/mol. The van der Waals surface area contributed by atoms with Crippen LogP contribution in [0.15, 0.2) is 63.2 Å². The lowest BCUT2D eigenvalue weighted by molar-refractivity contribution is 0.430. The van der Waals surface area contributed by atoms with E-state index in [9.17, 15) is 14.7 Å². The molecule has 0 bridgehead atoms. The fourth-order valence-corrected chi connectivity index (χ4v) is 2.77. The normalized spacial score (nSPS) is 10.8. The van der Waals surface area contributed by atoms with E-state index < -0.39 is 17.1 Å². The van der Waals surface area contributed by atoms with Crippen LogP contribution < -0.4 is 22.0 Å². The fourth-order valence-electron chi connectivity index (χ4n) is 2.60. The number of hydrogen-bond donors (Lipinski definition) is 4. The number of aryl methyl sites for hydroxylation is 2. The maximum Gasteiger partial charge on any atom is 0.335 e. The third kappa shape index (κ3) is 4.58. The number of benzene rings is 2. The van der Waals surface area contributed by atoms with E-state index in [1.807, 2.05) is 50.2 Å². The zero-order chi connectivity index (χ0) is 21.0. The van der Waals surface area contributed by atoms with Crippen LogP contribution in [-0.4, -0.2) is 26.0 Å². The van der Waals surface area contributed by atoms with Gasteiger partial charge >= 0.3 is 5.69 Å². The number of aromatic hydroxyl groups is 1. The molecule has 0 aliphatic carbocycles. The number of thiocarbonyl (C=S) groups is 1. The van der Waals surface area contributed by atoms with Gasteiger partial charge in [0.25, 0.3) is 5.56 Å². The molecule has 0 atom stereocenters. The average molecular weight is 409 g/mol. The minimum Gasteiger partial charge on any atom is -0.493 e. The molecule has 8 nitrogen and oxygen atoms in total. The summed E-state index contributed by atoms with van der Waals surface area (Å²) >= 11 is 5.13. The Morgan fingerprint density at radius 3 is 2.55 bits per heavy atom. The highest BCUT2D eigenvalue weighted by Crippen LogP contribution is 2.18. The summed E-state index contributed by atoms with van der Waals surface area (Å²) in [5, 5.41) is 17.5. The van der Waals surface area contributed by atoms with E-state index in [4.69, 9.17) is 12.2 Å². The van der Waals surface area contributed by atoms with Crippen LogP contribution in [0.5, 0.6) is 5.88 Å². The first-order chi connectivity index (χ1) is 13.9. The molecule has 3 aromatic rings. The van der Waals surface area contributed by atoms with Gasteiger partial charge in [-0.2, -0.15) is 5.10 Å². The Morgan fingerprint density at radius 2 is 1.86 bits per heavy atom. The van der Waals surface area contributed by atoms with E-state index >= 15 is 0 Å². The molecule has 1 aromatic heterocycles. The molecule has 148 valence electrons. The summed E-state index contributed by atoms with van der Waals surface area (Å²) in [5.41, 5.74) is 4.04. The summed E-state index contributed by atoms with van der Waals surface area (Å²) in [5.74, 6) is -0.519. The Balaban J connectivity index is 1.87. The molecule has 0 radical (unpaired) electrons. The van der Waals surface area contributed by atoms with Crippen molar-refractivity contribution in [2.45, 2.75) is 13.8 Å². The van der Waals surface area contributed by atoms with Crippen LogP contribution in [0.2, 0.25) is 0 Å². The van der Waals surface area contributed by atoms with E-state index in [2.05, 4.69) is 20.8 Å². The molecule has 4 N–H and O–H groups in total. The minimum atomic E-state index is -0.764.